The van der Waals surface area contributed by atoms with Crippen LogP contribution in [0.5, 0.6) is 0 Å². The standard InChI is InChI=1S/C8H12O/c1-7-2-4-8(6-9)5-3-7/h4,6-7H,2-3,5H2,1H3/t7-/m1/s1. The molecule has 9 heavy (non-hydrogen) atoms. The number of carbonyl (C=O) groups is 1. The van der Waals surface area contributed by atoms with Gasteiger partial charge in [0.25, 0.3) is 0 Å². The maximum atomic E-state index is 10.2. The number of aldehydes is 1. The lowest BCUT2D eigenvalue weighted by Gasteiger charge is -2.13. The van der Waals surface area contributed by atoms with E-state index in [0.717, 1.165) is 30.6 Å². The Hall–Kier alpha value is -0.590. The Balaban J connectivity index is 2.49. The minimum absolute atomic E-state index is 0.786. The van der Waals surface area contributed by atoms with Crippen LogP contribution in [0.2, 0.25) is 0 Å². The molecule has 0 aliphatic heterocycles. The average molecular weight is 124 g/mol. The zero-order valence-corrected chi connectivity index (χ0v) is 5.76. The van der Waals surface area contributed by atoms with Crippen LogP contribution in [-0.2, 0) is 4.79 Å². The molecule has 0 heterocycles. The summed E-state index contributed by atoms with van der Waals surface area (Å²) in [5.41, 5.74) is 0.994. The molecule has 1 atom stereocenters. The van der Waals surface area contributed by atoms with E-state index in [1.807, 2.05) is 0 Å². The van der Waals surface area contributed by atoms with Crippen LogP contribution in [0.15, 0.2) is 11.6 Å². The summed E-state index contributed by atoms with van der Waals surface area (Å²) in [6.45, 7) is 2.22. The first kappa shape index (κ1) is 6.53. The molecule has 1 heteroatoms. The monoisotopic (exact) mass is 124 g/mol. The molecule has 0 aromatic carbocycles. The summed E-state index contributed by atoms with van der Waals surface area (Å²) in [4.78, 5) is 10.2. The lowest BCUT2D eigenvalue weighted by Crippen LogP contribution is -2.01. The van der Waals surface area contributed by atoms with Crippen LogP contribution in [0.25, 0.3) is 0 Å². The molecular formula is C8H12O. The second-order valence-corrected chi connectivity index (χ2v) is 2.78. The van der Waals surface area contributed by atoms with Crippen molar-refractivity contribution in [3.05, 3.63) is 11.6 Å². The third-order valence-corrected chi connectivity index (χ3v) is 1.86. The van der Waals surface area contributed by atoms with Gasteiger partial charge in [0.2, 0.25) is 0 Å². The van der Waals surface area contributed by atoms with Gasteiger partial charge in [-0.05, 0) is 30.8 Å². The first-order chi connectivity index (χ1) is 4.33. The minimum Gasteiger partial charge on any atom is -0.298 e. The molecule has 0 fully saturated rings. The molecule has 1 rings (SSSR count). The molecule has 50 valence electrons. The van der Waals surface area contributed by atoms with Gasteiger partial charge in [0.05, 0.1) is 0 Å². The average Bonchev–Trinajstić information content (AvgIpc) is 1.90. The minimum atomic E-state index is 0.786. The van der Waals surface area contributed by atoms with Crippen LogP contribution in [0, 0.1) is 5.92 Å². The van der Waals surface area contributed by atoms with Crippen molar-refractivity contribution in [2.75, 3.05) is 0 Å². The highest BCUT2D eigenvalue weighted by atomic mass is 16.1. The molecule has 0 bridgehead atoms. The Morgan fingerprint density at radius 1 is 1.78 bits per heavy atom. The Labute approximate surface area is 55.8 Å². The molecule has 0 saturated carbocycles. The van der Waals surface area contributed by atoms with E-state index in [1.54, 1.807) is 0 Å². The van der Waals surface area contributed by atoms with Crippen LogP contribution < -0.4 is 0 Å². The van der Waals surface area contributed by atoms with Gasteiger partial charge in [-0.2, -0.15) is 0 Å². The third kappa shape index (κ3) is 1.67. The highest BCUT2D eigenvalue weighted by Crippen LogP contribution is 2.20. The number of rotatable bonds is 1. The normalized spacial score (nSPS) is 27.2. The first-order valence-corrected chi connectivity index (χ1v) is 3.47. The van der Waals surface area contributed by atoms with E-state index in [1.165, 1.54) is 6.42 Å². The Kier molecular flexibility index (Phi) is 2.04. The summed E-state index contributed by atoms with van der Waals surface area (Å²) >= 11 is 0. The topological polar surface area (TPSA) is 17.1 Å². The van der Waals surface area contributed by atoms with E-state index < -0.39 is 0 Å². The number of carbonyl (C=O) groups excluding carboxylic acids is 1. The number of allylic oxidation sites excluding steroid dienone is 2. The summed E-state index contributed by atoms with van der Waals surface area (Å²) < 4.78 is 0. The molecule has 1 aliphatic rings. The van der Waals surface area contributed by atoms with Gasteiger partial charge in [-0.1, -0.05) is 13.0 Å². The quantitative estimate of drug-likeness (QED) is 0.488. The summed E-state index contributed by atoms with van der Waals surface area (Å²) in [6, 6.07) is 0. The number of hydrogen-bond donors (Lipinski definition) is 0. The predicted octanol–water partition coefficient (Wildman–Crippen LogP) is 1.93. The molecule has 0 aromatic heterocycles. The van der Waals surface area contributed by atoms with Gasteiger partial charge in [-0.25, -0.2) is 0 Å². The SMILES string of the molecule is C[C@@H]1CC=C(C=O)CC1. The lowest BCUT2D eigenvalue weighted by molar-refractivity contribution is -0.105. The van der Waals surface area contributed by atoms with Crippen LogP contribution in [0.4, 0.5) is 0 Å². The van der Waals surface area contributed by atoms with Crippen molar-refractivity contribution in [2.24, 2.45) is 5.92 Å². The smallest absolute Gasteiger partial charge is 0.145 e. The Morgan fingerprint density at radius 3 is 3.00 bits per heavy atom. The molecule has 0 radical (unpaired) electrons. The largest absolute Gasteiger partial charge is 0.298 e. The van der Waals surface area contributed by atoms with E-state index in [4.69, 9.17) is 0 Å². The van der Waals surface area contributed by atoms with Gasteiger partial charge in [0, 0.05) is 0 Å². The van der Waals surface area contributed by atoms with Gasteiger partial charge in [0.15, 0.2) is 0 Å². The fourth-order valence-corrected chi connectivity index (χ4v) is 1.09. The van der Waals surface area contributed by atoms with E-state index >= 15 is 0 Å². The van der Waals surface area contributed by atoms with Gasteiger partial charge >= 0.3 is 0 Å². The van der Waals surface area contributed by atoms with Crippen molar-refractivity contribution in [1.82, 2.24) is 0 Å². The van der Waals surface area contributed by atoms with Crippen molar-refractivity contribution in [3.8, 4) is 0 Å². The van der Waals surface area contributed by atoms with E-state index in [-0.39, 0.29) is 0 Å². The van der Waals surface area contributed by atoms with Gasteiger partial charge in [0.1, 0.15) is 6.29 Å². The molecule has 1 aliphatic carbocycles. The second kappa shape index (κ2) is 2.81. The summed E-state index contributed by atoms with van der Waals surface area (Å²) in [7, 11) is 0. The molecule has 0 N–H and O–H groups in total. The Morgan fingerprint density at radius 2 is 2.56 bits per heavy atom. The van der Waals surface area contributed by atoms with Crippen molar-refractivity contribution < 1.29 is 4.79 Å². The van der Waals surface area contributed by atoms with Crippen molar-refractivity contribution >= 4 is 6.29 Å². The van der Waals surface area contributed by atoms with E-state index in [2.05, 4.69) is 13.0 Å². The number of hydrogen-bond acceptors (Lipinski definition) is 1. The van der Waals surface area contributed by atoms with Crippen LogP contribution >= 0.6 is 0 Å². The fraction of sp³-hybridized carbons (Fsp3) is 0.625. The first-order valence-electron chi connectivity index (χ1n) is 3.47. The third-order valence-electron chi connectivity index (χ3n) is 1.86. The fourth-order valence-electron chi connectivity index (χ4n) is 1.09. The maximum absolute atomic E-state index is 10.2. The van der Waals surface area contributed by atoms with E-state index in [9.17, 15) is 4.79 Å². The summed E-state index contributed by atoms with van der Waals surface area (Å²) in [5.74, 6) is 0.786. The molecule has 0 spiro atoms. The molecule has 0 aromatic rings. The highest BCUT2D eigenvalue weighted by molar-refractivity contribution is 5.73. The Bertz CT molecular complexity index is 136. The zero-order valence-electron chi connectivity index (χ0n) is 5.76. The van der Waals surface area contributed by atoms with Gasteiger partial charge < -0.3 is 0 Å². The van der Waals surface area contributed by atoms with Crippen LogP contribution in [0.1, 0.15) is 26.2 Å². The van der Waals surface area contributed by atoms with Gasteiger partial charge in [-0.3, -0.25) is 4.79 Å². The highest BCUT2D eigenvalue weighted by Gasteiger charge is 2.07. The lowest BCUT2D eigenvalue weighted by atomic mass is 9.92. The maximum Gasteiger partial charge on any atom is 0.145 e. The molecular weight excluding hydrogens is 112 g/mol. The molecule has 1 nitrogen and oxygen atoms in total. The van der Waals surface area contributed by atoms with Crippen molar-refractivity contribution in [1.29, 1.82) is 0 Å². The van der Waals surface area contributed by atoms with Crippen LogP contribution in [-0.4, -0.2) is 6.29 Å². The summed E-state index contributed by atoms with van der Waals surface area (Å²) in [6.07, 6.45) is 6.30. The van der Waals surface area contributed by atoms with Gasteiger partial charge in [-0.15, -0.1) is 0 Å². The van der Waals surface area contributed by atoms with Crippen LogP contribution in [0.3, 0.4) is 0 Å². The second-order valence-electron chi connectivity index (χ2n) is 2.78. The zero-order chi connectivity index (χ0) is 6.69. The van der Waals surface area contributed by atoms with Crippen molar-refractivity contribution in [2.45, 2.75) is 26.2 Å². The molecule has 0 saturated heterocycles. The summed E-state index contributed by atoms with van der Waals surface area (Å²) in [5, 5.41) is 0. The predicted molar refractivity (Wildman–Crippen MR) is 37.2 cm³/mol. The molecule has 0 unspecified atom stereocenters. The molecule has 0 amide bonds. The van der Waals surface area contributed by atoms with Crippen molar-refractivity contribution in [3.63, 3.8) is 0 Å². The van der Waals surface area contributed by atoms with E-state index in [0.29, 0.717) is 0 Å².